The molecular weight excluding hydrogens is 504 g/mol. The van der Waals surface area contributed by atoms with Gasteiger partial charge < -0.3 is 24.3 Å². The van der Waals surface area contributed by atoms with Crippen LogP contribution < -0.4 is 4.74 Å². The van der Waals surface area contributed by atoms with Crippen LogP contribution in [0.25, 0.3) is 27.7 Å². The number of nitrogens with zero attached hydrogens (tertiary/aromatic N) is 1. The number of phenolic OH excluding ortho intramolecular Hbond substituents is 1. The van der Waals surface area contributed by atoms with E-state index in [1.807, 2.05) is 39.2 Å². The number of carboxylic acids is 1. The summed E-state index contributed by atoms with van der Waals surface area (Å²) in [6, 6.07) is 12.1. The van der Waals surface area contributed by atoms with E-state index in [-0.39, 0.29) is 23.3 Å². The maximum atomic E-state index is 14.9. The maximum absolute atomic E-state index is 14.9. The van der Waals surface area contributed by atoms with Gasteiger partial charge in [-0.25, -0.2) is 13.6 Å². The molecule has 1 heterocycles. The molecule has 0 aliphatic heterocycles. The van der Waals surface area contributed by atoms with Gasteiger partial charge in [-0.05, 0) is 52.9 Å². The molecule has 3 aromatic carbocycles. The number of carboxylic acid groups (broad SMARTS) is 1. The number of methoxy groups -OCH3 is 2. The number of aromatic hydroxyl groups is 1. The Morgan fingerprint density at radius 2 is 1.62 bits per heavy atom. The van der Waals surface area contributed by atoms with Crippen molar-refractivity contribution in [1.82, 2.24) is 4.57 Å². The number of carbonyl (C=O) groups is 1. The molecule has 0 unspecified atom stereocenters. The molecule has 39 heavy (non-hydrogen) atoms. The zero-order valence-corrected chi connectivity index (χ0v) is 23.1. The molecule has 0 spiro atoms. The van der Waals surface area contributed by atoms with E-state index in [2.05, 4.69) is 0 Å². The van der Waals surface area contributed by atoms with E-state index >= 15 is 0 Å². The summed E-state index contributed by atoms with van der Waals surface area (Å²) in [5.74, 6) is -2.90. The molecule has 0 atom stereocenters. The van der Waals surface area contributed by atoms with E-state index < -0.39 is 34.2 Å². The Morgan fingerprint density at radius 3 is 2.21 bits per heavy atom. The van der Waals surface area contributed by atoms with Crippen molar-refractivity contribution in [2.75, 3.05) is 20.8 Å². The summed E-state index contributed by atoms with van der Waals surface area (Å²) in [4.78, 5) is 12.1. The summed E-state index contributed by atoms with van der Waals surface area (Å²) in [6.45, 7) is 9.92. The second-order valence-corrected chi connectivity index (χ2v) is 11.3. The van der Waals surface area contributed by atoms with Gasteiger partial charge in [-0.2, -0.15) is 0 Å². The third-order valence-corrected chi connectivity index (χ3v) is 6.94. The number of phenols is 1. The molecule has 4 aromatic rings. The minimum Gasteiger partial charge on any atom is -0.504 e. The smallest absolute Gasteiger partial charge is 0.335 e. The average molecular weight is 538 g/mol. The topological polar surface area (TPSA) is 80.9 Å². The van der Waals surface area contributed by atoms with Crippen LogP contribution in [-0.2, 0) is 15.6 Å². The lowest BCUT2D eigenvalue weighted by Gasteiger charge is -2.29. The Kier molecular flexibility index (Phi) is 7.21. The Labute approximate surface area is 226 Å². The van der Waals surface area contributed by atoms with Crippen molar-refractivity contribution in [1.29, 1.82) is 0 Å². The van der Waals surface area contributed by atoms with E-state index in [4.69, 9.17) is 9.47 Å². The molecule has 0 amide bonds. The van der Waals surface area contributed by atoms with E-state index in [1.165, 1.54) is 25.3 Å². The fourth-order valence-electron chi connectivity index (χ4n) is 5.25. The molecule has 0 aliphatic rings. The van der Waals surface area contributed by atoms with E-state index in [9.17, 15) is 23.8 Å². The molecule has 0 bridgehead atoms. The van der Waals surface area contributed by atoms with Crippen LogP contribution in [0.1, 0.15) is 56.2 Å². The fraction of sp³-hybridized carbons (Fsp3) is 0.323. The molecular formula is C31H33F2NO5. The average Bonchev–Trinajstić information content (AvgIpc) is 3.22. The van der Waals surface area contributed by atoms with Crippen LogP contribution in [0.2, 0.25) is 0 Å². The first-order valence-corrected chi connectivity index (χ1v) is 12.5. The van der Waals surface area contributed by atoms with Crippen LogP contribution in [0.4, 0.5) is 8.78 Å². The Morgan fingerprint density at radius 1 is 0.949 bits per heavy atom. The summed E-state index contributed by atoms with van der Waals surface area (Å²) in [7, 11) is 2.95. The lowest BCUT2D eigenvalue weighted by atomic mass is 9.80. The first-order chi connectivity index (χ1) is 18.2. The Hall–Kier alpha value is -3.91. The zero-order chi connectivity index (χ0) is 28.9. The van der Waals surface area contributed by atoms with Gasteiger partial charge in [-0.3, -0.25) is 0 Å². The highest BCUT2D eigenvalue weighted by Crippen LogP contribution is 2.48. The van der Waals surface area contributed by atoms with Crippen molar-refractivity contribution >= 4 is 16.9 Å². The first kappa shape index (κ1) is 28.1. The van der Waals surface area contributed by atoms with Gasteiger partial charge in [0.25, 0.3) is 0 Å². The number of fused-ring (bicyclic) bond motifs is 1. The van der Waals surface area contributed by atoms with Crippen LogP contribution in [0.5, 0.6) is 11.5 Å². The van der Waals surface area contributed by atoms with Gasteiger partial charge in [0, 0.05) is 35.5 Å². The monoisotopic (exact) mass is 537 g/mol. The summed E-state index contributed by atoms with van der Waals surface area (Å²) in [5.41, 5.74) is 2.32. The minimum absolute atomic E-state index is 0.0264. The number of ether oxygens (including phenoxy) is 2. The zero-order valence-electron chi connectivity index (χ0n) is 23.1. The Balaban J connectivity index is 2.25. The molecule has 0 radical (unpaired) electrons. The quantitative estimate of drug-likeness (QED) is 0.260. The number of halogens is 2. The van der Waals surface area contributed by atoms with Gasteiger partial charge in [-0.15, -0.1) is 0 Å². The van der Waals surface area contributed by atoms with E-state index in [1.54, 1.807) is 37.4 Å². The van der Waals surface area contributed by atoms with Gasteiger partial charge in [0.1, 0.15) is 0 Å². The number of hydrogen-bond acceptors (Lipinski definition) is 4. The van der Waals surface area contributed by atoms with Crippen molar-refractivity contribution in [2.45, 2.75) is 45.4 Å². The molecule has 1 aromatic heterocycles. The molecule has 206 valence electrons. The molecule has 0 saturated carbocycles. The second kappa shape index (κ2) is 10.0. The van der Waals surface area contributed by atoms with Crippen molar-refractivity contribution in [3.63, 3.8) is 0 Å². The number of aromatic nitrogens is 1. The number of aromatic carboxylic acids is 1. The third kappa shape index (κ3) is 4.85. The van der Waals surface area contributed by atoms with Gasteiger partial charge in [-0.1, -0.05) is 40.7 Å². The molecule has 2 N–H and O–H groups in total. The van der Waals surface area contributed by atoms with Crippen LogP contribution in [0.3, 0.4) is 0 Å². The fourth-order valence-corrected chi connectivity index (χ4v) is 5.25. The van der Waals surface area contributed by atoms with Crippen LogP contribution >= 0.6 is 0 Å². The lowest BCUT2D eigenvalue weighted by molar-refractivity contribution is 0.0694. The van der Waals surface area contributed by atoms with E-state index in [0.717, 1.165) is 0 Å². The third-order valence-electron chi connectivity index (χ3n) is 6.94. The van der Waals surface area contributed by atoms with Crippen molar-refractivity contribution in [3.8, 4) is 28.3 Å². The summed E-state index contributed by atoms with van der Waals surface area (Å²) in [5, 5.41) is 21.2. The largest absolute Gasteiger partial charge is 0.504 e. The molecule has 8 heteroatoms. The highest BCUT2D eigenvalue weighted by Gasteiger charge is 2.34. The molecule has 0 saturated heterocycles. The highest BCUT2D eigenvalue weighted by atomic mass is 19.1. The van der Waals surface area contributed by atoms with Gasteiger partial charge >= 0.3 is 5.97 Å². The van der Waals surface area contributed by atoms with Gasteiger partial charge in [0.15, 0.2) is 23.1 Å². The standard InChI is InChI=1S/C31H33F2NO5/c1-30(2,3)20-14-17(8-10-19(20)29(36)37)25-26-23(13-12-22(33)27(26)35)34(28(25)31(4,5)16-38-6)18-9-11-21(32)24(15-18)39-7/h8-15,35H,16H2,1-7H3,(H,36,37). The number of hydrogen-bond donors (Lipinski definition) is 2. The number of benzene rings is 3. The Bertz CT molecular complexity index is 1580. The predicted molar refractivity (Wildman–Crippen MR) is 147 cm³/mol. The lowest BCUT2D eigenvalue weighted by Crippen LogP contribution is -2.27. The molecule has 0 aliphatic carbocycles. The van der Waals surface area contributed by atoms with Gasteiger partial charge in [0.05, 0.1) is 30.2 Å². The SMILES string of the molecule is COCC(C)(C)c1c(-c2ccc(C(=O)O)c(C(C)(C)C)c2)c2c(O)c(F)ccc2n1-c1ccc(F)c(OC)c1. The van der Waals surface area contributed by atoms with Crippen molar-refractivity contribution < 1.29 is 33.3 Å². The highest BCUT2D eigenvalue weighted by molar-refractivity contribution is 6.04. The van der Waals surface area contributed by atoms with Crippen LogP contribution in [-0.4, -0.2) is 41.6 Å². The molecule has 4 rings (SSSR count). The summed E-state index contributed by atoms with van der Waals surface area (Å²) >= 11 is 0. The summed E-state index contributed by atoms with van der Waals surface area (Å²) < 4.78 is 42.0. The van der Waals surface area contributed by atoms with E-state index in [0.29, 0.717) is 33.6 Å². The summed E-state index contributed by atoms with van der Waals surface area (Å²) in [6.07, 6.45) is 0. The van der Waals surface area contributed by atoms with Crippen LogP contribution in [0.15, 0.2) is 48.5 Å². The second-order valence-electron chi connectivity index (χ2n) is 11.3. The molecule has 0 fully saturated rings. The maximum Gasteiger partial charge on any atom is 0.335 e. The van der Waals surface area contributed by atoms with Crippen LogP contribution in [0, 0.1) is 11.6 Å². The van der Waals surface area contributed by atoms with Gasteiger partial charge in [0.2, 0.25) is 0 Å². The van der Waals surface area contributed by atoms with Crippen molar-refractivity contribution in [2.24, 2.45) is 0 Å². The number of rotatable bonds is 7. The predicted octanol–water partition coefficient (Wildman–Crippen LogP) is 7.21. The normalized spacial score (nSPS) is 12.2. The first-order valence-electron chi connectivity index (χ1n) is 12.5. The molecule has 6 nitrogen and oxygen atoms in total. The van der Waals surface area contributed by atoms with Crippen molar-refractivity contribution in [3.05, 3.63) is 77.0 Å². The minimum atomic E-state index is -1.05.